The third-order valence-corrected chi connectivity index (χ3v) is 3.73. The molecule has 25 heavy (non-hydrogen) atoms. The highest BCUT2D eigenvalue weighted by molar-refractivity contribution is 6.21. The molecule has 0 bridgehead atoms. The molecule has 0 spiro atoms. The Balaban J connectivity index is 2.15. The molecule has 0 saturated heterocycles. The number of carbonyl (C=O) groups is 3. The molecule has 2 rings (SSSR count). The van der Waals surface area contributed by atoms with Crippen LogP contribution in [0.15, 0.2) is 36.4 Å². The van der Waals surface area contributed by atoms with Gasteiger partial charge in [-0.05, 0) is 19.1 Å². The summed E-state index contributed by atoms with van der Waals surface area (Å²) in [7, 11) is 0. The van der Waals surface area contributed by atoms with Crippen LogP contribution < -0.4 is 0 Å². The van der Waals surface area contributed by atoms with Crippen molar-refractivity contribution in [3.05, 3.63) is 47.5 Å². The largest absolute Gasteiger partial charge is 0.463 e. The molecule has 1 aromatic rings. The second kappa shape index (κ2) is 7.52. The normalized spacial score (nSPS) is 16.4. The number of nitrogens with zero attached hydrogens (tertiary/aromatic N) is 1. The van der Waals surface area contributed by atoms with Gasteiger partial charge >= 0.3 is 5.97 Å². The molecule has 0 radical (unpaired) electrons. The minimum absolute atomic E-state index is 0.103. The summed E-state index contributed by atoms with van der Waals surface area (Å²) < 4.78 is 31.3. The van der Waals surface area contributed by atoms with Crippen molar-refractivity contribution in [1.29, 1.82) is 0 Å². The first kappa shape index (κ1) is 18.7. The van der Waals surface area contributed by atoms with Gasteiger partial charge in [-0.1, -0.05) is 18.2 Å². The zero-order valence-electron chi connectivity index (χ0n) is 13.4. The molecule has 1 aliphatic rings. The number of alkyl halides is 2. The minimum Gasteiger partial charge on any atom is -0.463 e. The molecule has 1 heterocycles. The third-order valence-electron chi connectivity index (χ3n) is 3.73. The van der Waals surface area contributed by atoms with Crippen LogP contribution in [0.2, 0.25) is 0 Å². The quantitative estimate of drug-likeness (QED) is 0.459. The van der Waals surface area contributed by atoms with E-state index in [0.29, 0.717) is 4.90 Å². The number of hydrogen-bond donors (Lipinski definition) is 1. The molecule has 2 amide bonds. The Bertz CT molecular complexity index is 684. The van der Waals surface area contributed by atoms with Crippen LogP contribution >= 0.6 is 0 Å². The summed E-state index contributed by atoms with van der Waals surface area (Å²) in [6, 6.07) is 5.93. The fourth-order valence-electron chi connectivity index (χ4n) is 2.43. The number of rotatable bonds is 7. The van der Waals surface area contributed by atoms with Crippen molar-refractivity contribution in [2.24, 2.45) is 0 Å². The standard InChI is InChI=1S/C17H17F2NO5/c1-2-25-13(21)8-5-9-17(24,16(18)19)10-20-14(22)11-6-3-4-7-12(11)15(20)23/h3-8,16,24H,2,9-10H2,1H3/b8-5+/t17-/m0/s1. The Morgan fingerprint density at radius 1 is 1.28 bits per heavy atom. The number of halogens is 2. The fraction of sp³-hybridized carbons (Fsp3) is 0.353. The monoisotopic (exact) mass is 353 g/mol. The average Bonchev–Trinajstić information content (AvgIpc) is 2.80. The van der Waals surface area contributed by atoms with E-state index in [1.807, 2.05) is 0 Å². The van der Waals surface area contributed by atoms with Gasteiger partial charge in [-0.3, -0.25) is 14.5 Å². The topological polar surface area (TPSA) is 83.9 Å². The lowest BCUT2D eigenvalue weighted by Gasteiger charge is -2.29. The van der Waals surface area contributed by atoms with Crippen LogP contribution in [0.1, 0.15) is 34.1 Å². The van der Waals surface area contributed by atoms with Gasteiger partial charge in [0.05, 0.1) is 24.3 Å². The Kier molecular flexibility index (Phi) is 5.63. The number of carbonyl (C=O) groups excluding carboxylic acids is 3. The van der Waals surface area contributed by atoms with Crippen LogP contribution in [-0.2, 0) is 9.53 Å². The van der Waals surface area contributed by atoms with Crippen molar-refractivity contribution in [2.75, 3.05) is 13.2 Å². The first-order valence-corrected chi connectivity index (χ1v) is 7.59. The molecule has 0 fully saturated rings. The van der Waals surface area contributed by atoms with Gasteiger partial charge in [-0.25, -0.2) is 13.6 Å². The summed E-state index contributed by atoms with van der Waals surface area (Å²) in [5.41, 5.74) is -2.46. The number of aliphatic hydroxyl groups is 1. The van der Waals surface area contributed by atoms with E-state index < -0.39 is 42.8 Å². The van der Waals surface area contributed by atoms with Gasteiger partial charge in [0, 0.05) is 12.5 Å². The van der Waals surface area contributed by atoms with E-state index in [0.717, 1.165) is 12.2 Å². The van der Waals surface area contributed by atoms with Crippen LogP contribution in [0.5, 0.6) is 0 Å². The zero-order chi connectivity index (χ0) is 18.6. The summed E-state index contributed by atoms with van der Waals surface area (Å²) in [5, 5.41) is 10.2. The van der Waals surface area contributed by atoms with E-state index in [1.165, 1.54) is 12.1 Å². The SMILES string of the molecule is CCOC(=O)/C=C/C[C@](O)(CN1C(=O)c2ccccc2C1=O)C(F)F. The fourth-order valence-corrected chi connectivity index (χ4v) is 2.43. The van der Waals surface area contributed by atoms with Crippen molar-refractivity contribution in [3.8, 4) is 0 Å². The first-order valence-electron chi connectivity index (χ1n) is 7.59. The Hall–Kier alpha value is -2.61. The second-order valence-corrected chi connectivity index (χ2v) is 5.50. The van der Waals surface area contributed by atoms with Crippen molar-refractivity contribution >= 4 is 17.8 Å². The number of ether oxygens (including phenoxy) is 1. The van der Waals surface area contributed by atoms with Crippen LogP contribution in [0.25, 0.3) is 0 Å². The Labute approximate surface area is 142 Å². The van der Waals surface area contributed by atoms with Gasteiger partial charge in [-0.15, -0.1) is 0 Å². The molecule has 0 saturated carbocycles. The van der Waals surface area contributed by atoms with E-state index in [1.54, 1.807) is 19.1 Å². The molecule has 0 aliphatic carbocycles. The third kappa shape index (κ3) is 3.90. The molecular weight excluding hydrogens is 336 g/mol. The van der Waals surface area contributed by atoms with E-state index in [9.17, 15) is 28.3 Å². The van der Waals surface area contributed by atoms with Gasteiger partial charge in [0.25, 0.3) is 18.2 Å². The Morgan fingerprint density at radius 2 is 1.84 bits per heavy atom. The highest BCUT2D eigenvalue weighted by Gasteiger charge is 2.45. The molecule has 0 unspecified atom stereocenters. The lowest BCUT2D eigenvalue weighted by atomic mass is 9.99. The van der Waals surface area contributed by atoms with Gasteiger partial charge in [-0.2, -0.15) is 0 Å². The summed E-state index contributed by atoms with van der Waals surface area (Å²) in [4.78, 5) is 36.3. The Morgan fingerprint density at radius 3 is 2.32 bits per heavy atom. The number of hydrogen-bond acceptors (Lipinski definition) is 5. The molecule has 1 aromatic carbocycles. The number of benzene rings is 1. The summed E-state index contributed by atoms with van der Waals surface area (Å²) in [5.74, 6) is -2.22. The number of fused-ring (bicyclic) bond motifs is 1. The lowest BCUT2D eigenvalue weighted by Crippen LogP contribution is -2.50. The second-order valence-electron chi connectivity index (χ2n) is 5.50. The van der Waals surface area contributed by atoms with Gasteiger partial charge in [0.1, 0.15) is 5.60 Å². The molecule has 1 N–H and O–H groups in total. The maximum atomic E-state index is 13.3. The molecule has 0 aromatic heterocycles. The number of imide groups is 1. The van der Waals surface area contributed by atoms with Crippen LogP contribution in [0.3, 0.4) is 0 Å². The summed E-state index contributed by atoms with van der Waals surface area (Å²) >= 11 is 0. The highest BCUT2D eigenvalue weighted by atomic mass is 19.3. The van der Waals surface area contributed by atoms with Crippen molar-refractivity contribution < 1.29 is 33.0 Å². The molecule has 134 valence electrons. The molecular formula is C17H17F2NO5. The molecule has 1 aliphatic heterocycles. The van der Waals surface area contributed by atoms with E-state index >= 15 is 0 Å². The number of β-amino-alcohol motifs (C(OH)–C–C–N with tert-alkyl or cyclic N) is 1. The van der Waals surface area contributed by atoms with Crippen molar-refractivity contribution in [1.82, 2.24) is 4.90 Å². The van der Waals surface area contributed by atoms with Crippen molar-refractivity contribution in [3.63, 3.8) is 0 Å². The predicted octanol–water partition coefficient (Wildman–Crippen LogP) is 1.79. The molecule has 1 atom stereocenters. The van der Waals surface area contributed by atoms with Crippen LogP contribution in [0.4, 0.5) is 8.78 Å². The van der Waals surface area contributed by atoms with Gasteiger partial charge < -0.3 is 9.84 Å². The lowest BCUT2D eigenvalue weighted by molar-refractivity contribution is -0.137. The van der Waals surface area contributed by atoms with E-state index in [4.69, 9.17) is 0 Å². The smallest absolute Gasteiger partial charge is 0.330 e. The van der Waals surface area contributed by atoms with Crippen LogP contribution in [-0.4, -0.2) is 53.0 Å². The zero-order valence-corrected chi connectivity index (χ0v) is 13.4. The summed E-state index contributed by atoms with van der Waals surface area (Å²) in [6.45, 7) is 0.824. The van der Waals surface area contributed by atoms with E-state index in [2.05, 4.69) is 4.74 Å². The average molecular weight is 353 g/mol. The van der Waals surface area contributed by atoms with Crippen LogP contribution in [0, 0.1) is 0 Å². The molecule has 8 heteroatoms. The predicted molar refractivity (Wildman–Crippen MR) is 83.2 cm³/mol. The first-order chi connectivity index (χ1) is 11.8. The number of amides is 2. The van der Waals surface area contributed by atoms with Crippen molar-refractivity contribution in [2.45, 2.75) is 25.4 Å². The minimum atomic E-state index is -3.23. The van der Waals surface area contributed by atoms with E-state index in [-0.39, 0.29) is 17.7 Å². The van der Waals surface area contributed by atoms with Gasteiger partial charge in [0.15, 0.2) is 0 Å². The number of esters is 1. The van der Waals surface area contributed by atoms with Gasteiger partial charge in [0.2, 0.25) is 0 Å². The maximum Gasteiger partial charge on any atom is 0.330 e. The molecule has 6 nitrogen and oxygen atoms in total. The maximum absolute atomic E-state index is 13.3. The highest BCUT2D eigenvalue weighted by Crippen LogP contribution is 2.28. The summed E-state index contributed by atoms with van der Waals surface area (Å²) in [6.07, 6.45) is -1.91.